The number of aryl methyl sites for hydroxylation is 1. The number of nitrogens with zero attached hydrogens (tertiary/aromatic N) is 4. The number of carbonyl (C=O) groups excluding carboxylic acids is 1. The van der Waals surface area contributed by atoms with E-state index in [1.807, 2.05) is 36.1 Å². The zero-order chi connectivity index (χ0) is 17.9. The maximum Gasteiger partial charge on any atom is 0.292 e. The van der Waals surface area contributed by atoms with E-state index in [0.717, 1.165) is 30.5 Å². The predicted octanol–water partition coefficient (Wildman–Crippen LogP) is 3.13. The second kappa shape index (κ2) is 7.11. The number of amides is 1. The maximum atomic E-state index is 12.4. The highest BCUT2D eigenvalue weighted by molar-refractivity contribution is 5.91. The van der Waals surface area contributed by atoms with Gasteiger partial charge < -0.3 is 13.9 Å². The van der Waals surface area contributed by atoms with Crippen molar-refractivity contribution >= 4 is 5.91 Å². The Morgan fingerprint density at radius 1 is 1.27 bits per heavy atom. The molecule has 0 spiro atoms. The lowest BCUT2D eigenvalue weighted by Gasteiger charge is -2.31. The van der Waals surface area contributed by atoms with E-state index in [1.54, 1.807) is 6.07 Å². The van der Waals surface area contributed by atoms with Crippen LogP contribution in [-0.2, 0) is 6.42 Å². The highest BCUT2D eigenvalue weighted by Crippen LogP contribution is 2.24. The van der Waals surface area contributed by atoms with Crippen LogP contribution < -0.4 is 0 Å². The number of carbonyl (C=O) groups is 1. The van der Waals surface area contributed by atoms with Crippen LogP contribution in [0.15, 0.2) is 45.6 Å². The molecule has 3 heterocycles. The van der Waals surface area contributed by atoms with Crippen molar-refractivity contribution in [2.24, 2.45) is 5.92 Å². The van der Waals surface area contributed by atoms with Crippen LogP contribution >= 0.6 is 0 Å². The van der Waals surface area contributed by atoms with Gasteiger partial charge in [0.05, 0.1) is 6.20 Å². The Kier molecular flexibility index (Phi) is 4.51. The van der Waals surface area contributed by atoms with Gasteiger partial charge in [0, 0.05) is 31.1 Å². The van der Waals surface area contributed by atoms with E-state index in [4.69, 9.17) is 9.05 Å². The smallest absolute Gasteiger partial charge is 0.292 e. The molecule has 0 N–H and O–H groups in total. The normalized spacial score (nSPS) is 17.4. The lowest BCUT2D eigenvalue weighted by molar-refractivity contribution is 0.0626. The number of aromatic nitrogens is 3. The fourth-order valence-electron chi connectivity index (χ4n) is 3.42. The van der Waals surface area contributed by atoms with E-state index >= 15 is 0 Å². The molecule has 7 heteroatoms. The van der Waals surface area contributed by atoms with E-state index in [2.05, 4.69) is 15.3 Å². The molecule has 1 unspecified atom stereocenters. The molecule has 1 aliphatic heterocycles. The first kappa shape index (κ1) is 16.5. The topological polar surface area (TPSA) is 85.3 Å². The van der Waals surface area contributed by atoms with Crippen molar-refractivity contribution in [1.82, 2.24) is 20.2 Å². The molecule has 0 saturated carbocycles. The van der Waals surface area contributed by atoms with E-state index in [1.165, 1.54) is 6.20 Å². The minimum atomic E-state index is -0.113. The molecule has 1 aromatic carbocycles. The average Bonchev–Trinajstić information content (AvgIpc) is 3.34. The lowest BCUT2D eigenvalue weighted by atomic mass is 9.94. The summed E-state index contributed by atoms with van der Waals surface area (Å²) >= 11 is 0. The van der Waals surface area contributed by atoms with Crippen molar-refractivity contribution in [3.8, 4) is 11.4 Å². The summed E-state index contributed by atoms with van der Waals surface area (Å²) in [5, 5.41) is 7.73. The number of benzene rings is 1. The second-order valence-electron chi connectivity index (χ2n) is 6.67. The Morgan fingerprint density at radius 3 is 2.96 bits per heavy atom. The molecule has 3 aromatic rings. The summed E-state index contributed by atoms with van der Waals surface area (Å²) in [6.07, 6.45) is 4.13. The predicted molar refractivity (Wildman–Crippen MR) is 93.3 cm³/mol. The second-order valence-corrected chi connectivity index (χ2v) is 6.67. The van der Waals surface area contributed by atoms with Gasteiger partial charge in [-0.2, -0.15) is 4.98 Å². The van der Waals surface area contributed by atoms with Gasteiger partial charge in [-0.25, -0.2) is 0 Å². The monoisotopic (exact) mass is 352 g/mol. The van der Waals surface area contributed by atoms with Crippen LogP contribution in [0.5, 0.6) is 0 Å². The van der Waals surface area contributed by atoms with Gasteiger partial charge in [-0.3, -0.25) is 4.79 Å². The van der Waals surface area contributed by atoms with Crippen molar-refractivity contribution in [2.75, 3.05) is 13.1 Å². The third-order valence-electron chi connectivity index (χ3n) is 4.77. The summed E-state index contributed by atoms with van der Waals surface area (Å²) in [5.74, 6) is 1.69. The Morgan fingerprint density at radius 2 is 2.15 bits per heavy atom. The Bertz CT molecular complexity index is 888. The first-order chi connectivity index (χ1) is 12.7. The van der Waals surface area contributed by atoms with Crippen molar-refractivity contribution in [3.63, 3.8) is 0 Å². The summed E-state index contributed by atoms with van der Waals surface area (Å²) in [7, 11) is 0. The Labute approximate surface area is 151 Å². The molecule has 4 rings (SSSR count). The molecule has 1 atom stereocenters. The quantitative estimate of drug-likeness (QED) is 0.717. The zero-order valence-corrected chi connectivity index (χ0v) is 14.6. The summed E-state index contributed by atoms with van der Waals surface area (Å²) in [5.41, 5.74) is 2.09. The summed E-state index contributed by atoms with van der Waals surface area (Å²) in [6.45, 7) is 3.41. The number of rotatable bonds is 4. The minimum Gasteiger partial charge on any atom is -0.351 e. The van der Waals surface area contributed by atoms with Gasteiger partial charge in [0.2, 0.25) is 17.5 Å². The molecule has 1 amide bonds. The Balaban J connectivity index is 1.43. The van der Waals surface area contributed by atoms with Gasteiger partial charge in [-0.15, -0.1) is 0 Å². The summed E-state index contributed by atoms with van der Waals surface area (Å²) in [4.78, 5) is 18.8. The molecule has 2 aromatic heterocycles. The number of hydrogen-bond acceptors (Lipinski definition) is 6. The van der Waals surface area contributed by atoms with Gasteiger partial charge in [0.15, 0.2) is 0 Å². The van der Waals surface area contributed by atoms with E-state index < -0.39 is 0 Å². The number of piperidine rings is 1. The average molecular weight is 352 g/mol. The third kappa shape index (κ3) is 3.37. The molecule has 0 bridgehead atoms. The largest absolute Gasteiger partial charge is 0.351 e. The minimum absolute atomic E-state index is 0.113. The lowest BCUT2D eigenvalue weighted by Crippen LogP contribution is -2.40. The van der Waals surface area contributed by atoms with Gasteiger partial charge in [0.25, 0.3) is 5.91 Å². The SMILES string of the molecule is Cc1ccccc1-c1noc(CC2CCCN(C(=O)c3ccno3)C2)n1. The van der Waals surface area contributed by atoms with Crippen LogP contribution in [0.3, 0.4) is 0 Å². The van der Waals surface area contributed by atoms with Crippen LogP contribution in [0.2, 0.25) is 0 Å². The fraction of sp³-hybridized carbons (Fsp3) is 0.368. The zero-order valence-electron chi connectivity index (χ0n) is 14.6. The third-order valence-corrected chi connectivity index (χ3v) is 4.77. The van der Waals surface area contributed by atoms with Crippen LogP contribution in [0.25, 0.3) is 11.4 Å². The number of likely N-dealkylation sites (tertiary alicyclic amines) is 1. The highest BCUT2D eigenvalue weighted by Gasteiger charge is 2.27. The van der Waals surface area contributed by atoms with Crippen molar-refractivity contribution in [2.45, 2.75) is 26.2 Å². The van der Waals surface area contributed by atoms with Crippen LogP contribution in [-0.4, -0.2) is 39.2 Å². The molecule has 7 nitrogen and oxygen atoms in total. The first-order valence-electron chi connectivity index (χ1n) is 8.79. The molecule has 134 valence electrons. The van der Waals surface area contributed by atoms with Crippen LogP contribution in [0, 0.1) is 12.8 Å². The van der Waals surface area contributed by atoms with Crippen LogP contribution in [0.4, 0.5) is 0 Å². The standard InChI is InChI=1S/C19H20N4O3/c1-13-5-2-3-7-15(13)18-21-17(26-22-18)11-14-6-4-10-23(12-14)19(24)16-8-9-20-25-16/h2-3,5,7-9,14H,4,6,10-12H2,1H3. The van der Waals surface area contributed by atoms with E-state index in [9.17, 15) is 4.79 Å². The molecular weight excluding hydrogens is 332 g/mol. The summed E-state index contributed by atoms with van der Waals surface area (Å²) in [6, 6.07) is 9.56. The van der Waals surface area contributed by atoms with Crippen LogP contribution in [0.1, 0.15) is 34.9 Å². The van der Waals surface area contributed by atoms with Gasteiger partial charge in [0.1, 0.15) is 0 Å². The van der Waals surface area contributed by atoms with Crippen molar-refractivity contribution in [3.05, 3.63) is 53.7 Å². The maximum absolute atomic E-state index is 12.4. The number of hydrogen-bond donors (Lipinski definition) is 0. The summed E-state index contributed by atoms with van der Waals surface area (Å²) < 4.78 is 10.4. The molecule has 1 aliphatic rings. The molecular formula is C19H20N4O3. The first-order valence-corrected chi connectivity index (χ1v) is 8.79. The van der Waals surface area contributed by atoms with Crippen molar-refractivity contribution < 1.29 is 13.8 Å². The van der Waals surface area contributed by atoms with E-state index in [0.29, 0.717) is 30.6 Å². The molecule has 1 fully saturated rings. The molecule has 1 saturated heterocycles. The fourth-order valence-corrected chi connectivity index (χ4v) is 3.42. The Hall–Kier alpha value is -2.96. The van der Waals surface area contributed by atoms with Crippen molar-refractivity contribution in [1.29, 1.82) is 0 Å². The highest BCUT2D eigenvalue weighted by atomic mass is 16.5. The van der Waals surface area contributed by atoms with E-state index in [-0.39, 0.29) is 11.7 Å². The molecule has 26 heavy (non-hydrogen) atoms. The van der Waals surface area contributed by atoms with Gasteiger partial charge >= 0.3 is 0 Å². The van der Waals surface area contributed by atoms with Gasteiger partial charge in [-0.1, -0.05) is 34.6 Å². The van der Waals surface area contributed by atoms with Gasteiger partial charge in [-0.05, 0) is 31.2 Å². The molecule has 0 aliphatic carbocycles. The molecule has 0 radical (unpaired) electrons.